The molecule has 1 atom stereocenters. The number of nitrogens with one attached hydrogen (secondary N) is 1. The zero-order valence-electron chi connectivity index (χ0n) is 8.88. The summed E-state index contributed by atoms with van der Waals surface area (Å²) in [4.78, 5) is 11.5. The van der Waals surface area contributed by atoms with Crippen LogP contribution in [0, 0.1) is 0 Å². The first-order valence-corrected chi connectivity index (χ1v) is 5.47. The Balaban J connectivity index is 2.16. The van der Waals surface area contributed by atoms with Gasteiger partial charge in [-0.15, -0.1) is 0 Å². The van der Waals surface area contributed by atoms with Crippen molar-refractivity contribution in [2.75, 3.05) is 6.54 Å². The lowest BCUT2D eigenvalue weighted by Gasteiger charge is -2.05. The van der Waals surface area contributed by atoms with Gasteiger partial charge in [-0.05, 0) is 19.3 Å². The number of unbranched alkanes of at least 4 members (excludes halogenated alkanes) is 2. The molecule has 3 heteroatoms. The van der Waals surface area contributed by atoms with E-state index in [4.69, 9.17) is 5.73 Å². The highest BCUT2D eigenvalue weighted by Crippen LogP contribution is 2.16. The van der Waals surface area contributed by atoms with Crippen molar-refractivity contribution in [1.29, 1.82) is 0 Å². The summed E-state index contributed by atoms with van der Waals surface area (Å²) in [6.07, 6.45) is 6.97. The smallest absolute Gasteiger partial charge is 0.246 e. The van der Waals surface area contributed by atoms with Crippen LogP contribution in [0.4, 0.5) is 0 Å². The van der Waals surface area contributed by atoms with E-state index >= 15 is 0 Å². The number of hydrogen-bond acceptors (Lipinski definition) is 2. The Morgan fingerprint density at radius 1 is 1.64 bits per heavy atom. The Morgan fingerprint density at radius 3 is 3.00 bits per heavy atom. The minimum absolute atomic E-state index is 0.0778. The molecule has 1 aliphatic carbocycles. The average Bonchev–Trinajstić information content (AvgIpc) is 2.59. The van der Waals surface area contributed by atoms with Crippen LogP contribution in [0.15, 0.2) is 11.6 Å². The molecule has 0 saturated carbocycles. The van der Waals surface area contributed by atoms with Crippen molar-refractivity contribution in [3.05, 3.63) is 11.6 Å². The fourth-order valence-electron chi connectivity index (χ4n) is 1.62. The van der Waals surface area contributed by atoms with E-state index in [9.17, 15) is 4.79 Å². The molecule has 0 aromatic carbocycles. The van der Waals surface area contributed by atoms with Gasteiger partial charge in [0, 0.05) is 18.2 Å². The minimum atomic E-state index is 0.0778. The third kappa shape index (κ3) is 3.50. The molecule has 3 nitrogen and oxygen atoms in total. The number of hydrogen-bond donors (Lipinski definition) is 2. The molecule has 0 spiro atoms. The van der Waals surface area contributed by atoms with Gasteiger partial charge >= 0.3 is 0 Å². The van der Waals surface area contributed by atoms with E-state index in [0.717, 1.165) is 31.4 Å². The van der Waals surface area contributed by atoms with E-state index in [1.165, 1.54) is 12.8 Å². The van der Waals surface area contributed by atoms with Crippen LogP contribution >= 0.6 is 0 Å². The first-order chi connectivity index (χ1) is 6.74. The molecule has 0 saturated heterocycles. The molecular weight excluding hydrogens is 176 g/mol. The highest BCUT2D eigenvalue weighted by Gasteiger charge is 2.17. The van der Waals surface area contributed by atoms with Crippen LogP contribution in [-0.2, 0) is 4.79 Å². The molecule has 1 amide bonds. The third-order valence-electron chi connectivity index (χ3n) is 2.51. The zero-order valence-corrected chi connectivity index (χ0v) is 8.88. The molecule has 0 unspecified atom stereocenters. The average molecular weight is 196 g/mol. The molecule has 0 heterocycles. The van der Waals surface area contributed by atoms with Crippen LogP contribution < -0.4 is 11.1 Å². The van der Waals surface area contributed by atoms with Crippen LogP contribution in [0.1, 0.15) is 39.0 Å². The van der Waals surface area contributed by atoms with Crippen molar-refractivity contribution in [1.82, 2.24) is 5.32 Å². The van der Waals surface area contributed by atoms with Crippen LogP contribution in [0.3, 0.4) is 0 Å². The summed E-state index contributed by atoms with van der Waals surface area (Å²) >= 11 is 0. The van der Waals surface area contributed by atoms with E-state index in [0.29, 0.717) is 0 Å². The van der Waals surface area contributed by atoms with Crippen molar-refractivity contribution >= 4 is 5.91 Å². The van der Waals surface area contributed by atoms with Gasteiger partial charge in [-0.1, -0.05) is 25.8 Å². The summed E-state index contributed by atoms with van der Waals surface area (Å²) in [5, 5.41) is 2.92. The molecule has 0 aliphatic heterocycles. The van der Waals surface area contributed by atoms with Crippen molar-refractivity contribution < 1.29 is 4.79 Å². The first-order valence-electron chi connectivity index (χ1n) is 5.47. The Morgan fingerprint density at radius 2 is 2.43 bits per heavy atom. The largest absolute Gasteiger partial charge is 0.352 e. The Labute approximate surface area is 85.7 Å². The topological polar surface area (TPSA) is 55.1 Å². The second-order valence-electron chi connectivity index (χ2n) is 3.89. The zero-order chi connectivity index (χ0) is 10.4. The molecule has 3 N–H and O–H groups in total. The fraction of sp³-hybridized carbons (Fsp3) is 0.727. The van der Waals surface area contributed by atoms with Crippen molar-refractivity contribution in [2.24, 2.45) is 5.73 Å². The molecule has 0 bridgehead atoms. The second kappa shape index (κ2) is 5.81. The van der Waals surface area contributed by atoms with Crippen molar-refractivity contribution in [3.8, 4) is 0 Å². The number of rotatable bonds is 5. The molecule has 80 valence electrons. The van der Waals surface area contributed by atoms with Crippen LogP contribution in [0.5, 0.6) is 0 Å². The van der Waals surface area contributed by atoms with Crippen LogP contribution in [-0.4, -0.2) is 18.5 Å². The highest BCUT2D eigenvalue weighted by molar-refractivity contribution is 5.93. The number of carbonyl (C=O) groups excluding carboxylic acids is 1. The van der Waals surface area contributed by atoms with E-state index < -0.39 is 0 Å². The van der Waals surface area contributed by atoms with Gasteiger partial charge in [-0.25, -0.2) is 0 Å². The molecule has 14 heavy (non-hydrogen) atoms. The van der Waals surface area contributed by atoms with Gasteiger partial charge in [0.15, 0.2) is 0 Å². The SMILES string of the molecule is CCCCCNC(=O)C1=CC[C@H](N)C1. The Hall–Kier alpha value is -0.830. The molecular formula is C11H20N2O. The highest BCUT2D eigenvalue weighted by atomic mass is 16.1. The molecule has 0 aromatic heterocycles. The summed E-state index contributed by atoms with van der Waals surface area (Å²) in [5.74, 6) is 0.0778. The predicted octanol–water partition coefficient (Wildman–Crippen LogP) is 1.34. The summed E-state index contributed by atoms with van der Waals surface area (Å²) in [7, 11) is 0. The standard InChI is InChI=1S/C11H20N2O/c1-2-3-4-7-13-11(14)9-5-6-10(12)8-9/h5,10H,2-4,6-8,12H2,1H3,(H,13,14)/t10-/m0/s1. The van der Waals surface area contributed by atoms with E-state index in [2.05, 4.69) is 12.2 Å². The first kappa shape index (κ1) is 11.2. The number of nitrogens with two attached hydrogens (primary N) is 1. The fourth-order valence-corrected chi connectivity index (χ4v) is 1.62. The summed E-state index contributed by atoms with van der Waals surface area (Å²) in [6, 6.07) is 0.159. The Bertz CT molecular complexity index is 223. The maximum absolute atomic E-state index is 11.5. The van der Waals surface area contributed by atoms with Gasteiger partial charge in [-0.2, -0.15) is 0 Å². The second-order valence-corrected chi connectivity index (χ2v) is 3.89. The van der Waals surface area contributed by atoms with Crippen molar-refractivity contribution in [3.63, 3.8) is 0 Å². The lowest BCUT2D eigenvalue weighted by atomic mass is 10.2. The molecule has 0 radical (unpaired) electrons. The molecule has 1 aliphatic rings. The van der Waals surface area contributed by atoms with Gasteiger partial charge < -0.3 is 11.1 Å². The summed E-state index contributed by atoms with van der Waals surface area (Å²) in [5.41, 5.74) is 6.58. The van der Waals surface area contributed by atoms with Crippen molar-refractivity contribution in [2.45, 2.75) is 45.1 Å². The summed E-state index contributed by atoms with van der Waals surface area (Å²) < 4.78 is 0. The lowest BCUT2D eigenvalue weighted by molar-refractivity contribution is -0.117. The number of amides is 1. The minimum Gasteiger partial charge on any atom is -0.352 e. The van der Waals surface area contributed by atoms with Gasteiger partial charge in [-0.3, -0.25) is 4.79 Å². The predicted molar refractivity (Wildman–Crippen MR) is 57.8 cm³/mol. The normalized spacial score (nSPS) is 20.7. The number of carbonyl (C=O) groups is 1. The molecule has 0 fully saturated rings. The van der Waals surface area contributed by atoms with E-state index in [-0.39, 0.29) is 11.9 Å². The van der Waals surface area contributed by atoms with Gasteiger partial charge in [0.25, 0.3) is 0 Å². The lowest BCUT2D eigenvalue weighted by Crippen LogP contribution is -2.27. The van der Waals surface area contributed by atoms with Crippen LogP contribution in [0.25, 0.3) is 0 Å². The summed E-state index contributed by atoms with van der Waals surface area (Å²) in [6.45, 7) is 2.94. The van der Waals surface area contributed by atoms with Crippen LogP contribution in [0.2, 0.25) is 0 Å². The Kier molecular flexibility index (Phi) is 4.66. The molecule has 0 aromatic rings. The maximum atomic E-state index is 11.5. The van der Waals surface area contributed by atoms with E-state index in [1.54, 1.807) is 0 Å². The molecule has 1 rings (SSSR count). The van der Waals surface area contributed by atoms with Gasteiger partial charge in [0.05, 0.1) is 0 Å². The van der Waals surface area contributed by atoms with Gasteiger partial charge in [0.1, 0.15) is 0 Å². The quantitative estimate of drug-likeness (QED) is 0.652. The van der Waals surface area contributed by atoms with Gasteiger partial charge in [0.2, 0.25) is 5.91 Å². The van der Waals surface area contributed by atoms with E-state index in [1.807, 2.05) is 6.08 Å². The third-order valence-corrected chi connectivity index (χ3v) is 2.51. The maximum Gasteiger partial charge on any atom is 0.246 e. The monoisotopic (exact) mass is 196 g/mol.